The minimum Gasteiger partial charge on any atom is -0.326 e. The van der Waals surface area contributed by atoms with Crippen molar-refractivity contribution in [2.45, 2.75) is 24.7 Å². The van der Waals surface area contributed by atoms with Crippen LogP contribution in [0.1, 0.15) is 21.5 Å². The number of hydrogen-bond donors (Lipinski definition) is 3. The van der Waals surface area contributed by atoms with Gasteiger partial charge in [0.25, 0.3) is 22.9 Å². The van der Waals surface area contributed by atoms with Crippen LogP contribution in [0.3, 0.4) is 0 Å². The third-order valence-corrected chi connectivity index (χ3v) is 5.70. The zero-order chi connectivity index (χ0) is 23.8. The second-order valence-corrected chi connectivity index (χ2v) is 7.78. The minimum atomic E-state index is -5.32. The number of aromatic amines is 1. The average Bonchev–Trinajstić information content (AvgIpc) is 3.08. The van der Waals surface area contributed by atoms with Crippen LogP contribution in [0.25, 0.3) is 0 Å². The smallest absolute Gasteiger partial charge is 0.326 e. The summed E-state index contributed by atoms with van der Waals surface area (Å²) < 4.78 is 44.3. The van der Waals surface area contributed by atoms with Crippen molar-refractivity contribution in [1.82, 2.24) is 14.9 Å². The fourth-order valence-corrected chi connectivity index (χ4v) is 4.03. The normalized spacial score (nSPS) is 17.4. The molecule has 2 aromatic carbocycles. The highest BCUT2D eigenvalue weighted by Crippen LogP contribution is 2.45. The fourth-order valence-electron chi connectivity index (χ4n) is 3.76. The summed E-state index contributed by atoms with van der Waals surface area (Å²) in [5, 5.41) is 3.91. The maximum atomic E-state index is 14.4. The quantitative estimate of drug-likeness (QED) is 0.495. The van der Waals surface area contributed by atoms with Crippen LogP contribution in [0.4, 0.5) is 19.0 Å². The predicted octanol–water partition coefficient (Wildman–Crippen LogP) is 3.29. The molecule has 1 aliphatic heterocycles. The van der Waals surface area contributed by atoms with Gasteiger partial charge in [0.05, 0.1) is 0 Å². The van der Waals surface area contributed by atoms with E-state index in [0.29, 0.717) is 6.42 Å². The first-order chi connectivity index (χ1) is 15.6. The highest BCUT2D eigenvalue weighted by molar-refractivity contribution is 7.71. The first-order valence-electron chi connectivity index (χ1n) is 9.82. The molecule has 0 saturated heterocycles. The summed E-state index contributed by atoms with van der Waals surface area (Å²) in [6.07, 6.45) is -4.95. The molecule has 0 bridgehead atoms. The van der Waals surface area contributed by atoms with Crippen molar-refractivity contribution in [2.24, 2.45) is 0 Å². The number of benzene rings is 2. The van der Waals surface area contributed by atoms with E-state index in [1.54, 1.807) is 11.4 Å². The van der Waals surface area contributed by atoms with Gasteiger partial charge in [-0.25, -0.2) is 0 Å². The standard InChI is InChI=1S/C22H17F3N4O3S/c23-22(24,25)21(28-17(30)14-9-5-2-6-10-14)15-16(26-19(21)32)29(20(33)27-18(15)31)12-11-13-7-3-1-4-8-13/h1-10H,11-12H2,(H,26,32)(H,28,30)(H,27,31,33). The zero-order valence-electron chi connectivity index (χ0n) is 16.9. The second-order valence-electron chi connectivity index (χ2n) is 7.39. The Morgan fingerprint density at radius 3 is 2.24 bits per heavy atom. The molecule has 0 aliphatic carbocycles. The number of aryl methyl sites for hydroxylation is 1. The number of amides is 2. The van der Waals surface area contributed by atoms with Crippen LogP contribution in [0.5, 0.6) is 0 Å². The molecule has 170 valence electrons. The van der Waals surface area contributed by atoms with Gasteiger partial charge in [0, 0.05) is 12.1 Å². The van der Waals surface area contributed by atoms with Crippen LogP contribution in [0.2, 0.25) is 0 Å². The predicted molar refractivity (Wildman–Crippen MR) is 116 cm³/mol. The number of H-pyrrole nitrogens is 1. The first kappa shape index (κ1) is 22.5. The third-order valence-electron chi connectivity index (χ3n) is 5.38. The number of carbonyl (C=O) groups excluding carboxylic acids is 2. The first-order valence-corrected chi connectivity index (χ1v) is 10.2. The highest BCUT2D eigenvalue weighted by Gasteiger charge is 2.68. The molecule has 2 amide bonds. The van der Waals surface area contributed by atoms with Gasteiger partial charge in [-0.1, -0.05) is 48.5 Å². The van der Waals surface area contributed by atoms with E-state index in [9.17, 15) is 27.6 Å². The summed E-state index contributed by atoms with van der Waals surface area (Å²) in [5.41, 5.74) is -4.97. The number of nitrogens with one attached hydrogen (secondary N) is 3. The summed E-state index contributed by atoms with van der Waals surface area (Å²) in [7, 11) is 0. The number of nitrogens with zero attached hydrogens (tertiary/aromatic N) is 1. The molecule has 1 aliphatic rings. The van der Waals surface area contributed by atoms with E-state index >= 15 is 0 Å². The Kier molecular flexibility index (Phi) is 5.66. The van der Waals surface area contributed by atoms with E-state index in [-0.39, 0.29) is 16.9 Å². The van der Waals surface area contributed by atoms with Gasteiger partial charge in [0.2, 0.25) is 0 Å². The Bertz CT molecular complexity index is 1340. The van der Waals surface area contributed by atoms with Gasteiger partial charge in [0.1, 0.15) is 11.4 Å². The molecule has 7 nitrogen and oxygen atoms in total. The topological polar surface area (TPSA) is 96.0 Å². The Hall–Kier alpha value is -3.73. The zero-order valence-corrected chi connectivity index (χ0v) is 17.7. The molecule has 3 N–H and O–H groups in total. The monoisotopic (exact) mass is 474 g/mol. The van der Waals surface area contributed by atoms with E-state index in [0.717, 1.165) is 5.56 Å². The highest BCUT2D eigenvalue weighted by atomic mass is 32.1. The Morgan fingerprint density at radius 1 is 1.03 bits per heavy atom. The van der Waals surface area contributed by atoms with Crippen molar-refractivity contribution in [3.8, 4) is 0 Å². The van der Waals surface area contributed by atoms with E-state index in [4.69, 9.17) is 12.2 Å². The van der Waals surface area contributed by atoms with Crippen molar-refractivity contribution < 1.29 is 22.8 Å². The lowest BCUT2D eigenvalue weighted by molar-refractivity contribution is -0.196. The molecular formula is C22H17F3N4O3S. The van der Waals surface area contributed by atoms with Crippen molar-refractivity contribution in [3.63, 3.8) is 0 Å². The van der Waals surface area contributed by atoms with Gasteiger partial charge >= 0.3 is 6.18 Å². The number of carbonyl (C=O) groups is 2. The average molecular weight is 474 g/mol. The minimum absolute atomic E-state index is 0.0861. The van der Waals surface area contributed by atoms with Gasteiger partial charge in [-0.15, -0.1) is 0 Å². The molecule has 33 heavy (non-hydrogen) atoms. The van der Waals surface area contributed by atoms with Crippen LogP contribution in [0, 0.1) is 4.77 Å². The van der Waals surface area contributed by atoms with Gasteiger partial charge in [-0.2, -0.15) is 13.2 Å². The summed E-state index contributed by atoms with van der Waals surface area (Å²) in [6, 6.07) is 16.2. The molecule has 4 rings (SSSR count). The number of fused-ring (bicyclic) bond motifs is 1. The Balaban J connectivity index is 1.84. The van der Waals surface area contributed by atoms with Crippen molar-refractivity contribution in [3.05, 3.63) is 92.5 Å². The number of alkyl halides is 3. The molecule has 1 unspecified atom stereocenters. The van der Waals surface area contributed by atoms with Crippen LogP contribution >= 0.6 is 12.2 Å². The fraction of sp³-hybridized carbons (Fsp3) is 0.182. The largest absolute Gasteiger partial charge is 0.425 e. The summed E-state index contributed by atoms with van der Waals surface area (Å²) in [6.45, 7) is 0.0861. The van der Waals surface area contributed by atoms with Crippen molar-refractivity contribution >= 4 is 29.9 Å². The van der Waals surface area contributed by atoms with Crippen molar-refractivity contribution in [2.75, 3.05) is 5.32 Å². The molecular weight excluding hydrogens is 457 g/mol. The maximum Gasteiger partial charge on any atom is 0.425 e. The molecule has 1 aromatic heterocycles. The summed E-state index contributed by atoms with van der Waals surface area (Å²) in [4.78, 5) is 40.4. The number of anilines is 1. The molecule has 0 spiro atoms. The Morgan fingerprint density at radius 2 is 1.64 bits per heavy atom. The number of rotatable bonds is 5. The molecule has 0 saturated carbocycles. The molecule has 11 heteroatoms. The SMILES string of the molecule is O=C(NC1(C(F)(F)F)C(=O)Nc2c1c(=O)[nH]c(=S)n2CCc1ccccc1)c1ccccc1. The second kappa shape index (κ2) is 8.32. The van der Waals surface area contributed by atoms with Crippen LogP contribution in [0.15, 0.2) is 65.5 Å². The van der Waals surface area contributed by atoms with Crippen molar-refractivity contribution in [1.29, 1.82) is 0 Å². The van der Waals surface area contributed by atoms with E-state index in [1.807, 2.05) is 30.3 Å². The van der Waals surface area contributed by atoms with E-state index in [1.165, 1.54) is 28.8 Å². The van der Waals surface area contributed by atoms with Crippen LogP contribution in [-0.4, -0.2) is 27.5 Å². The lowest BCUT2D eigenvalue weighted by atomic mass is 9.91. The lowest BCUT2D eigenvalue weighted by Gasteiger charge is -2.30. The number of aromatic nitrogens is 2. The Labute approximate surface area is 190 Å². The van der Waals surface area contributed by atoms with Crippen LogP contribution in [-0.2, 0) is 23.3 Å². The van der Waals surface area contributed by atoms with E-state index in [2.05, 4.69) is 10.3 Å². The van der Waals surface area contributed by atoms with Gasteiger partial charge < -0.3 is 15.2 Å². The maximum absolute atomic E-state index is 14.4. The number of hydrogen-bond acceptors (Lipinski definition) is 4. The lowest BCUT2D eigenvalue weighted by Crippen LogP contribution is -2.61. The summed E-state index contributed by atoms with van der Waals surface area (Å²) >= 11 is 5.16. The van der Waals surface area contributed by atoms with E-state index < -0.39 is 40.5 Å². The molecule has 3 aromatic rings. The van der Waals surface area contributed by atoms with Gasteiger partial charge in [-0.05, 0) is 36.3 Å². The van der Waals surface area contributed by atoms with Crippen LogP contribution < -0.4 is 16.2 Å². The van der Waals surface area contributed by atoms with Gasteiger partial charge in [0.15, 0.2) is 4.77 Å². The number of halogens is 3. The molecule has 2 heterocycles. The summed E-state index contributed by atoms with van der Waals surface area (Å²) in [5.74, 6) is -3.14. The molecule has 0 fully saturated rings. The molecule has 0 radical (unpaired) electrons. The van der Waals surface area contributed by atoms with Gasteiger partial charge in [-0.3, -0.25) is 19.4 Å². The molecule has 1 atom stereocenters. The third kappa shape index (κ3) is 3.84.